The Kier molecular flexibility index (Phi) is 5.07. The van der Waals surface area contributed by atoms with E-state index in [9.17, 15) is 0 Å². The molecule has 3 heteroatoms. The molecule has 1 aliphatic heterocycles. The minimum atomic E-state index is 0.471. The molecule has 16 heavy (non-hydrogen) atoms. The lowest BCUT2D eigenvalue weighted by atomic mass is 10.0. The Morgan fingerprint density at radius 3 is 2.94 bits per heavy atom. The predicted molar refractivity (Wildman–Crippen MR) is 64.6 cm³/mol. The van der Waals surface area contributed by atoms with Crippen LogP contribution in [0.4, 0.5) is 0 Å². The van der Waals surface area contributed by atoms with E-state index in [2.05, 4.69) is 12.2 Å². The van der Waals surface area contributed by atoms with Crippen molar-refractivity contribution in [1.82, 2.24) is 5.32 Å². The smallest absolute Gasteiger partial charge is 0.0591 e. The van der Waals surface area contributed by atoms with Crippen molar-refractivity contribution in [1.29, 1.82) is 0 Å². The molecule has 94 valence electrons. The van der Waals surface area contributed by atoms with Gasteiger partial charge in [-0.1, -0.05) is 6.92 Å². The van der Waals surface area contributed by atoms with Crippen LogP contribution in [0.3, 0.4) is 0 Å². The highest BCUT2D eigenvalue weighted by atomic mass is 16.5. The van der Waals surface area contributed by atoms with E-state index in [0.717, 1.165) is 45.1 Å². The molecule has 1 saturated heterocycles. The molecular formula is C13H25NO2. The second-order valence-electron chi connectivity index (χ2n) is 5.09. The van der Waals surface area contributed by atoms with Gasteiger partial charge in [-0.05, 0) is 38.0 Å². The molecule has 2 fully saturated rings. The molecule has 2 aliphatic rings. The first-order chi connectivity index (χ1) is 7.88. The van der Waals surface area contributed by atoms with Gasteiger partial charge in [0.15, 0.2) is 0 Å². The van der Waals surface area contributed by atoms with E-state index in [4.69, 9.17) is 9.47 Å². The van der Waals surface area contributed by atoms with Gasteiger partial charge in [0, 0.05) is 25.8 Å². The second-order valence-corrected chi connectivity index (χ2v) is 5.09. The van der Waals surface area contributed by atoms with Crippen molar-refractivity contribution in [2.75, 3.05) is 26.4 Å². The fourth-order valence-electron chi connectivity index (χ4n) is 2.22. The first kappa shape index (κ1) is 12.3. The van der Waals surface area contributed by atoms with Gasteiger partial charge in [0.2, 0.25) is 0 Å². The maximum absolute atomic E-state index is 5.65. The van der Waals surface area contributed by atoms with Crippen molar-refractivity contribution >= 4 is 0 Å². The van der Waals surface area contributed by atoms with Crippen LogP contribution >= 0.6 is 0 Å². The van der Waals surface area contributed by atoms with Gasteiger partial charge in [0.05, 0.1) is 12.7 Å². The summed E-state index contributed by atoms with van der Waals surface area (Å²) in [4.78, 5) is 0. The number of nitrogens with one attached hydrogen (secondary N) is 1. The van der Waals surface area contributed by atoms with Crippen LogP contribution in [0.25, 0.3) is 0 Å². The van der Waals surface area contributed by atoms with Gasteiger partial charge in [-0.3, -0.25) is 0 Å². The van der Waals surface area contributed by atoms with E-state index in [0.29, 0.717) is 12.1 Å². The Hall–Kier alpha value is -0.120. The van der Waals surface area contributed by atoms with E-state index in [1.165, 1.54) is 19.3 Å². The van der Waals surface area contributed by atoms with Gasteiger partial charge in [-0.25, -0.2) is 0 Å². The molecule has 0 aromatic carbocycles. The summed E-state index contributed by atoms with van der Waals surface area (Å²) >= 11 is 0. The highest BCUT2D eigenvalue weighted by Crippen LogP contribution is 2.28. The number of rotatable bonds is 7. The minimum Gasteiger partial charge on any atom is -0.380 e. The summed E-state index contributed by atoms with van der Waals surface area (Å²) in [5.41, 5.74) is 0. The highest BCUT2D eigenvalue weighted by molar-refractivity contribution is 4.76. The highest BCUT2D eigenvalue weighted by Gasteiger charge is 2.22. The van der Waals surface area contributed by atoms with Crippen molar-refractivity contribution in [2.45, 2.75) is 51.2 Å². The molecule has 0 aromatic heterocycles. The normalized spacial score (nSPS) is 30.6. The van der Waals surface area contributed by atoms with Crippen LogP contribution < -0.4 is 5.32 Å². The first-order valence-corrected chi connectivity index (χ1v) is 6.81. The third kappa shape index (κ3) is 4.40. The summed E-state index contributed by atoms with van der Waals surface area (Å²) in [6, 6.07) is 0.642. The molecule has 3 nitrogen and oxygen atoms in total. The SMILES string of the molecule is CCC1CC(NCCOCC2CC2)CCO1. The molecule has 1 N–H and O–H groups in total. The third-order valence-corrected chi connectivity index (χ3v) is 3.55. The van der Waals surface area contributed by atoms with E-state index in [1.807, 2.05) is 0 Å². The van der Waals surface area contributed by atoms with Crippen molar-refractivity contribution in [3.05, 3.63) is 0 Å². The zero-order valence-electron chi connectivity index (χ0n) is 10.4. The van der Waals surface area contributed by atoms with E-state index < -0.39 is 0 Å². The Labute approximate surface area is 98.9 Å². The molecule has 1 aliphatic carbocycles. The summed E-state index contributed by atoms with van der Waals surface area (Å²) in [7, 11) is 0. The lowest BCUT2D eigenvalue weighted by Crippen LogP contribution is -2.40. The van der Waals surface area contributed by atoms with Crippen molar-refractivity contribution in [2.24, 2.45) is 5.92 Å². The molecule has 0 spiro atoms. The third-order valence-electron chi connectivity index (χ3n) is 3.55. The number of hydrogen-bond acceptors (Lipinski definition) is 3. The van der Waals surface area contributed by atoms with Gasteiger partial charge in [0.25, 0.3) is 0 Å². The van der Waals surface area contributed by atoms with Gasteiger partial charge in [-0.2, -0.15) is 0 Å². The average molecular weight is 227 g/mol. The summed E-state index contributed by atoms with van der Waals surface area (Å²) in [6.45, 7) is 5.95. The van der Waals surface area contributed by atoms with E-state index >= 15 is 0 Å². The molecular weight excluding hydrogens is 202 g/mol. The zero-order chi connectivity index (χ0) is 11.2. The fourth-order valence-corrected chi connectivity index (χ4v) is 2.22. The summed E-state index contributed by atoms with van der Waals surface area (Å²) in [5, 5.41) is 3.58. The van der Waals surface area contributed by atoms with Gasteiger partial charge < -0.3 is 14.8 Å². The maximum atomic E-state index is 5.65. The Bertz CT molecular complexity index is 194. The summed E-state index contributed by atoms with van der Waals surface area (Å²) in [5.74, 6) is 0.882. The summed E-state index contributed by atoms with van der Waals surface area (Å²) in [6.07, 6.45) is 6.68. The predicted octanol–water partition coefficient (Wildman–Crippen LogP) is 1.96. The Balaban J connectivity index is 1.47. The van der Waals surface area contributed by atoms with Gasteiger partial charge in [0.1, 0.15) is 0 Å². The standard InChI is InChI=1S/C13H25NO2/c1-2-13-9-12(5-7-16-13)14-6-8-15-10-11-3-4-11/h11-14H,2-10H2,1H3. The quantitative estimate of drug-likeness (QED) is 0.674. The second kappa shape index (κ2) is 6.58. The van der Waals surface area contributed by atoms with Crippen molar-refractivity contribution in [3.63, 3.8) is 0 Å². The van der Waals surface area contributed by atoms with Crippen LogP contribution in [-0.4, -0.2) is 38.5 Å². The van der Waals surface area contributed by atoms with Gasteiger partial charge >= 0.3 is 0 Å². The minimum absolute atomic E-state index is 0.471. The molecule has 0 bridgehead atoms. The lowest BCUT2D eigenvalue weighted by molar-refractivity contribution is -0.00142. The fraction of sp³-hybridized carbons (Fsp3) is 1.00. The van der Waals surface area contributed by atoms with Crippen LogP contribution in [0.15, 0.2) is 0 Å². The molecule has 1 saturated carbocycles. The average Bonchev–Trinajstić information content (AvgIpc) is 3.13. The van der Waals surface area contributed by atoms with Crippen LogP contribution in [-0.2, 0) is 9.47 Å². The van der Waals surface area contributed by atoms with Crippen LogP contribution in [0.2, 0.25) is 0 Å². The summed E-state index contributed by atoms with van der Waals surface area (Å²) < 4.78 is 11.3. The molecule has 2 unspecified atom stereocenters. The molecule has 2 rings (SSSR count). The number of hydrogen-bond donors (Lipinski definition) is 1. The van der Waals surface area contributed by atoms with Crippen molar-refractivity contribution in [3.8, 4) is 0 Å². The Morgan fingerprint density at radius 1 is 1.31 bits per heavy atom. The van der Waals surface area contributed by atoms with E-state index in [1.54, 1.807) is 0 Å². The molecule has 0 amide bonds. The molecule has 0 radical (unpaired) electrons. The van der Waals surface area contributed by atoms with E-state index in [-0.39, 0.29) is 0 Å². The van der Waals surface area contributed by atoms with Crippen molar-refractivity contribution < 1.29 is 9.47 Å². The lowest BCUT2D eigenvalue weighted by Gasteiger charge is -2.29. The molecule has 0 aromatic rings. The van der Waals surface area contributed by atoms with Crippen LogP contribution in [0, 0.1) is 5.92 Å². The largest absolute Gasteiger partial charge is 0.380 e. The Morgan fingerprint density at radius 2 is 2.19 bits per heavy atom. The monoisotopic (exact) mass is 227 g/mol. The van der Waals surface area contributed by atoms with Crippen LogP contribution in [0.1, 0.15) is 39.0 Å². The van der Waals surface area contributed by atoms with Crippen LogP contribution in [0.5, 0.6) is 0 Å². The molecule has 2 atom stereocenters. The van der Waals surface area contributed by atoms with Gasteiger partial charge in [-0.15, -0.1) is 0 Å². The maximum Gasteiger partial charge on any atom is 0.0591 e. The first-order valence-electron chi connectivity index (χ1n) is 6.81. The zero-order valence-corrected chi connectivity index (χ0v) is 10.4. The molecule has 1 heterocycles. The topological polar surface area (TPSA) is 30.5 Å². The number of ether oxygens (including phenoxy) is 2.